The van der Waals surface area contributed by atoms with Crippen LogP contribution in [0.15, 0.2) is 18.2 Å². The van der Waals surface area contributed by atoms with Gasteiger partial charge in [-0.05, 0) is 17.7 Å². The minimum Gasteiger partial charge on any atom is -0.388 e. The number of aliphatic hydroxyl groups excluding tert-OH is 2. The Morgan fingerprint density at radius 3 is 2.42 bits per heavy atom. The van der Waals surface area contributed by atoms with Gasteiger partial charge in [0.1, 0.15) is 0 Å². The molecule has 1 aromatic rings. The summed E-state index contributed by atoms with van der Waals surface area (Å²) in [7, 11) is 0. The van der Waals surface area contributed by atoms with Crippen LogP contribution >= 0.6 is 0 Å². The van der Waals surface area contributed by atoms with Crippen molar-refractivity contribution >= 4 is 5.69 Å². The average molecular weight is 270 g/mol. The third-order valence-corrected chi connectivity index (χ3v) is 2.41. The lowest BCUT2D eigenvalue weighted by Gasteiger charge is -2.18. The molecule has 100 valence electrons. The summed E-state index contributed by atoms with van der Waals surface area (Å²) in [6, 6.07) is 5.36. The maximum atomic E-state index is 12.2. The number of hydrogen-bond acceptors (Lipinski definition) is 3. The van der Waals surface area contributed by atoms with Crippen molar-refractivity contribution in [1.82, 2.24) is 0 Å². The Labute approximate surface area is 107 Å². The number of aliphatic hydroxyl groups is 2. The molecule has 0 heterocycles. The van der Waals surface area contributed by atoms with Gasteiger partial charge in [-0.15, -0.1) is 0 Å². The van der Waals surface area contributed by atoms with E-state index >= 15 is 0 Å². The first-order valence-electron chi connectivity index (χ1n) is 5.13. The van der Waals surface area contributed by atoms with E-state index in [0.717, 1.165) is 0 Å². The fourth-order valence-electron chi connectivity index (χ4n) is 1.44. The topological polar surface area (TPSA) is 68.6 Å². The van der Waals surface area contributed by atoms with Gasteiger partial charge in [0.2, 0.25) is 0 Å². The summed E-state index contributed by atoms with van der Waals surface area (Å²) in [5.41, 5.74) is 0.0898. The van der Waals surface area contributed by atoms with E-state index in [1.54, 1.807) is 6.07 Å². The number of rotatable bonds is 3. The first-order chi connectivity index (χ1) is 8.77. The van der Waals surface area contributed by atoms with Gasteiger partial charge in [-0.2, -0.15) is 18.4 Å². The predicted octanol–water partition coefficient (Wildman–Crippen LogP) is 2.46. The Hall–Kier alpha value is -2.09. The molecule has 1 aromatic carbocycles. The van der Waals surface area contributed by atoms with Crippen LogP contribution in [0.1, 0.15) is 23.7 Å². The third kappa shape index (κ3) is 3.95. The van der Waals surface area contributed by atoms with E-state index in [2.05, 4.69) is 4.85 Å². The standard InChI is InChI=1S/C12H9F3N2O2/c1-17-9-3-7(6-16)2-8(4-9)10(18)5-11(19)12(13,14)15/h2-4,10-11,18-19H,5H2. The molecule has 0 aromatic heterocycles. The van der Waals surface area contributed by atoms with Gasteiger partial charge in [0.15, 0.2) is 11.8 Å². The number of alkyl halides is 3. The largest absolute Gasteiger partial charge is 0.414 e. The molecule has 1 rings (SSSR count). The van der Waals surface area contributed by atoms with Gasteiger partial charge >= 0.3 is 6.18 Å². The summed E-state index contributed by atoms with van der Waals surface area (Å²) >= 11 is 0. The molecule has 2 N–H and O–H groups in total. The zero-order valence-electron chi connectivity index (χ0n) is 9.52. The lowest BCUT2D eigenvalue weighted by atomic mass is 10.0. The molecule has 19 heavy (non-hydrogen) atoms. The Kier molecular flexibility index (Phi) is 4.49. The van der Waals surface area contributed by atoms with Gasteiger partial charge in [-0.25, -0.2) is 4.85 Å². The molecule has 0 radical (unpaired) electrons. The molecule has 0 spiro atoms. The van der Waals surface area contributed by atoms with Crippen LogP contribution in [0, 0.1) is 17.9 Å². The summed E-state index contributed by atoms with van der Waals surface area (Å²) in [5, 5.41) is 27.2. The van der Waals surface area contributed by atoms with Crippen molar-refractivity contribution in [3.05, 3.63) is 40.7 Å². The maximum absolute atomic E-state index is 12.2. The van der Waals surface area contributed by atoms with E-state index in [-0.39, 0.29) is 16.8 Å². The lowest BCUT2D eigenvalue weighted by molar-refractivity contribution is -0.211. The summed E-state index contributed by atoms with van der Waals surface area (Å²) in [6.45, 7) is 6.80. The van der Waals surface area contributed by atoms with Crippen molar-refractivity contribution < 1.29 is 23.4 Å². The molecule has 0 aliphatic heterocycles. The number of halogens is 3. The molecular formula is C12H9F3N2O2. The highest BCUT2D eigenvalue weighted by molar-refractivity contribution is 5.53. The Morgan fingerprint density at radius 1 is 1.32 bits per heavy atom. The summed E-state index contributed by atoms with van der Waals surface area (Å²) in [4.78, 5) is 3.05. The van der Waals surface area contributed by atoms with Crippen LogP contribution in [0.5, 0.6) is 0 Å². The highest BCUT2D eigenvalue weighted by Crippen LogP contribution is 2.30. The second-order valence-electron chi connectivity index (χ2n) is 3.85. The highest BCUT2D eigenvalue weighted by atomic mass is 19.4. The fraction of sp³-hybridized carbons (Fsp3) is 0.333. The minimum atomic E-state index is -4.82. The van der Waals surface area contributed by atoms with Gasteiger partial charge in [0.05, 0.1) is 18.7 Å². The molecule has 2 atom stereocenters. The molecule has 2 unspecified atom stereocenters. The van der Waals surface area contributed by atoms with Crippen LogP contribution in [0.2, 0.25) is 0 Å². The molecule has 0 saturated carbocycles. The second kappa shape index (κ2) is 5.70. The van der Waals surface area contributed by atoms with Crippen LogP contribution in [0.3, 0.4) is 0 Å². The SMILES string of the molecule is [C-]#[N+]c1cc(C#N)cc(C(O)CC(O)C(F)(F)F)c1. The van der Waals surface area contributed by atoms with E-state index < -0.39 is 24.8 Å². The van der Waals surface area contributed by atoms with Crippen molar-refractivity contribution in [1.29, 1.82) is 5.26 Å². The maximum Gasteiger partial charge on any atom is 0.414 e. The molecular weight excluding hydrogens is 261 g/mol. The molecule has 0 aliphatic rings. The van der Waals surface area contributed by atoms with Gasteiger partial charge in [0, 0.05) is 12.0 Å². The Morgan fingerprint density at radius 2 is 1.95 bits per heavy atom. The van der Waals surface area contributed by atoms with Gasteiger partial charge < -0.3 is 10.2 Å². The van der Waals surface area contributed by atoms with Crippen molar-refractivity contribution in [3.8, 4) is 6.07 Å². The van der Waals surface area contributed by atoms with E-state index in [9.17, 15) is 18.3 Å². The number of hydrogen-bond donors (Lipinski definition) is 2. The van der Waals surface area contributed by atoms with Crippen molar-refractivity contribution in [2.45, 2.75) is 24.8 Å². The summed E-state index contributed by atoms with van der Waals surface area (Å²) in [6.07, 6.45) is -10.0. The first kappa shape index (κ1) is 15.0. The predicted molar refractivity (Wildman–Crippen MR) is 59.1 cm³/mol. The van der Waals surface area contributed by atoms with Crippen LogP contribution < -0.4 is 0 Å². The smallest absolute Gasteiger partial charge is 0.388 e. The number of benzene rings is 1. The average Bonchev–Trinajstić information content (AvgIpc) is 2.36. The van der Waals surface area contributed by atoms with Crippen LogP contribution in [-0.4, -0.2) is 22.5 Å². The van der Waals surface area contributed by atoms with E-state index in [1.807, 2.05) is 0 Å². The monoisotopic (exact) mass is 270 g/mol. The number of nitriles is 1. The summed E-state index contributed by atoms with van der Waals surface area (Å²) < 4.78 is 36.5. The molecule has 7 heteroatoms. The van der Waals surface area contributed by atoms with Crippen molar-refractivity contribution in [3.63, 3.8) is 0 Å². The quantitative estimate of drug-likeness (QED) is 0.829. The zero-order valence-corrected chi connectivity index (χ0v) is 9.52. The van der Waals surface area contributed by atoms with Crippen LogP contribution in [-0.2, 0) is 0 Å². The zero-order chi connectivity index (χ0) is 14.6. The van der Waals surface area contributed by atoms with Gasteiger partial charge in [-0.3, -0.25) is 0 Å². The van der Waals surface area contributed by atoms with Crippen LogP contribution in [0.25, 0.3) is 4.85 Å². The van der Waals surface area contributed by atoms with E-state index in [0.29, 0.717) is 0 Å². The normalized spacial score (nSPS) is 14.3. The Balaban J connectivity index is 2.98. The Bertz CT molecular complexity index is 511. The molecule has 0 aliphatic carbocycles. The number of nitrogens with zero attached hydrogens (tertiary/aromatic N) is 2. The van der Waals surface area contributed by atoms with Crippen molar-refractivity contribution in [2.75, 3.05) is 0 Å². The van der Waals surface area contributed by atoms with E-state index in [4.69, 9.17) is 16.9 Å². The van der Waals surface area contributed by atoms with E-state index in [1.165, 1.54) is 18.2 Å². The van der Waals surface area contributed by atoms with Gasteiger partial charge in [0.25, 0.3) is 0 Å². The van der Waals surface area contributed by atoms with Gasteiger partial charge in [-0.1, -0.05) is 6.07 Å². The second-order valence-corrected chi connectivity index (χ2v) is 3.85. The molecule has 0 amide bonds. The van der Waals surface area contributed by atoms with Crippen molar-refractivity contribution in [2.24, 2.45) is 0 Å². The molecule has 0 fully saturated rings. The fourth-order valence-corrected chi connectivity index (χ4v) is 1.44. The van der Waals surface area contributed by atoms with Crippen LogP contribution in [0.4, 0.5) is 18.9 Å². The third-order valence-electron chi connectivity index (χ3n) is 2.41. The minimum absolute atomic E-state index is 0.00616. The first-order valence-corrected chi connectivity index (χ1v) is 5.13. The highest BCUT2D eigenvalue weighted by Gasteiger charge is 2.39. The lowest BCUT2D eigenvalue weighted by Crippen LogP contribution is -2.30. The molecule has 0 bridgehead atoms. The molecule has 0 saturated heterocycles. The molecule has 4 nitrogen and oxygen atoms in total. The summed E-state index contributed by atoms with van der Waals surface area (Å²) in [5.74, 6) is 0.